The van der Waals surface area contributed by atoms with Gasteiger partial charge in [-0.1, -0.05) is 28.9 Å². The van der Waals surface area contributed by atoms with Gasteiger partial charge in [-0.15, -0.1) is 0 Å². The van der Waals surface area contributed by atoms with E-state index < -0.39 is 0 Å². The minimum Gasteiger partial charge on any atom is -0.455 e. The zero-order valence-electron chi connectivity index (χ0n) is 8.64. The van der Waals surface area contributed by atoms with E-state index in [1.54, 1.807) is 6.07 Å². The minimum atomic E-state index is 0.497. The van der Waals surface area contributed by atoms with Crippen molar-refractivity contribution in [1.82, 2.24) is 0 Å². The van der Waals surface area contributed by atoms with Crippen LogP contribution in [0, 0.1) is 6.92 Å². The van der Waals surface area contributed by atoms with E-state index in [1.807, 2.05) is 31.2 Å². The molecular weight excluding hydrogens is 226 g/mol. The summed E-state index contributed by atoms with van der Waals surface area (Å²) in [6.07, 6.45) is 1.24. The normalized spacial score (nSPS) is 11.1. The van der Waals surface area contributed by atoms with E-state index in [-0.39, 0.29) is 0 Å². The van der Waals surface area contributed by atoms with E-state index in [1.165, 1.54) is 6.21 Å². The van der Waals surface area contributed by atoms with Gasteiger partial charge in [0.15, 0.2) is 0 Å². The summed E-state index contributed by atoms with van der Waals surface area (Å²) in [5.41, 5.74) is 1.90. The molecule has 0 atom stereocenters. The SMILES string of the molecule is Cc1c(Cl)cccc1-c1ccc(/C=N\O)o1. The molecule has 82 valence electrons. The third kappa shape index (κ3) is 1.95. The molecule has 0 aliphatic carbocycles. The molecule has 0 amide bonds. The Morgan fingerprint density at radius 3 is 2.88 bits per heavy atom. The van der Waals surface area contributed by atoms with Crippen LogP contribution in [-0.2, 0) is 0 Å². The van der Waals surface area contributed by atoms with Gasteiger partial charge in [-0.2, -0.15) is 0 Å². The van der Waals surface area contributed by atoms with Crippen LogP contribution in [0.3, 0.4) is 0 Å². The van der Waals surface area contributed by atoms with Gasteiger partial charge in [0.25, 0.3) is 0 Å². The highest BCUT2D eigenvalue weighted by atomic mass is 35.5. The molecule has 1 aromatic heterocycles. The van der Waals surface area contributed by atoms with Crippen LogP contribution in [0.2, 0.25) is 5.02 Å². The summed E-state index contributed by atoms with van der Waals surface area (Å²) in [4.78, 5) is 0. The fourth-order valence-corrected chi connectivity index (χ4v) is 1.67. The molecule has 2 aromatic rings. The summed E-state index contributed by atoms with van der Waals surface area (Å²) in [5, 5.41) is 12.0. The highest BCUT2D eigenvalue weighted by molar-refractivity contribution is 6.31. The molecule has 2 rings (SSSR count). The lowest BCUT2D eigenvalue weighted by atomic mass is 10.1. The first-order valence-electron chi connectivity index (χ1n) is 4.75. The van der Waals surface area contributed by atoms with E-state index in [9.17, 15) is 0 Å². The quantitative estimate of drug-likeness (QED) is 0.490. The van der Waals surface area contributed by atoms with E-state index >= 15 is 0 Å². The minimum absolute atomic E-state index is 0.497. The number of benzene rings is 1. The number of nitrogens with zero attached hydrogens (tertiary/aromatic N) is 1. The van der Waals surface area contributed by atoms with Crippen molar-refractivity contribution in [2.24, 2.45) is 5.16 Å². The Morgan fingerprint density at radius 1 is 1.31 bits per heavy atom. The number of hydrogen-bond donors (Lipinski definition) is 1. The number of hydrogen-bond acceptors (Lipinski definition) is 3. The van der Waals surface area contributed by atoms with Crippen molar-refractivity contribution in [3.63, 3.8) is 0 Å². The van der Waals surface area contributed by atoms with Gasteiger partial charge in [-0.25, -0.2) is 0 Å². The maximum atomic E-state index is 8.39. The molecule has 3 nitrogen and oxygen atoms in total. The fourth-order valence-electron chi connectivity index (χ4n) is 1.50. The van der Waals surface area contributed by atoms with E-state index in [0.29, 0.717) is 16.5 Å². The molecule has 0 bridgehead atoms. The lowest BCUT2D eigenvalue weighted by molar-refractivity contribution is 0.321. The van der Waals surface area contributed by atoms with E-state index in [2.05, 4.69) is 5.16 Å². The van der Waals surface area contributed by atoms with Gasteiger partial charge >= 0.3 is 0 Å². The number of oxime groups is 1. The van der Waals surface area contributed by atoms with Crippen LogP contribution in [0.15, 0.2) is 39.9 Å². The standard InChI is InChI=1S/C12H10ClNO2/c1-8-10(3-2-4-11(8)13)12-6-5-9(16-12)7-14-15/h2-7,15H,1H3/b14-7-. The molecule has 0 aliphatic heterocycles. The van der Waals surface area contributed by atoms with Crippen LogP contribution in [0.5, 0.6) is 0 Å². The number of rotatable bonds is 2. The van der Waals surface area contributed by atoms with Crippen molar-refractivity contribution >= 4 is 17.8 Å². The summed E-state index contributed by atoms with van der Waals surface area (Å²) in [6.45, 7) is 1.93. The van der Waals surface area contributed by atoms with Gasteiger partial charge in [-0.3, -0.25) is 0 Å². The summed E-state index contributed by atoms with van der Waals surface area (Å²) >= 11 is 6.02. The zero-order chi connectivity index (χ0) is 11.5. The maximum absolute atomic E-state index is 8.39. The molecule has 0 aliphatic rings. The lowest BCUT2D eigenvalue weighted by Gasteiger charge is -2.03. The molecule has 1 heterocycles. The van der Waals surface area contributed by atoms with Gasteiger partial charge in [0, 0.05) is 10.6 Å². The highest BCUT2D eigenvalue weighted by Crippen LogP contribution is 2.29. The topological polar surface area (TPSA) is 45.7 Å². The second-order valence-corrected chi connectivity index (χ2v) is 3.77. The number of halogens is 1. The van der Waals surface area contributed by atoms with Crippen LogP contribution in [0.25, 0.3) is 11.3 Å². The van der Waals surface area contributed by atoms with Crippen LogP contribution in [0.1, 0.15) is 11.3 Å². The van der Waals surface area contributed by atoms with Crippen molar-refractivity contribution in [3.8, 4) is 11.3 Å². The fraction of sp³-hybridized carbons (Fsp3) is 0.0833. The summed E-state index contributed by atoms with van der Waals surface area (Å²) in [7, 11) is 0. The molecule has 0 spiro atoms. The Kier molecular flexibility index (Phi) is 2.97. The first-order valence-corrected chi connectivity index (χ1v) is 5.13. The Hall–Kier alpha value is -1.74. The summed E-state index contributed by atoms with van der Waals surface area (Å²) < 4.78 is 5.48. The molecule has 1 N–H and O–H groups in total. The van der Waals surface area contributed by atoms with Crippen LogP contribution >= 0.6 is 11.6 Å². The number of furan rings is 1. The Balaban J connectivity index is 2.46. The average Bonchev–Trinajstić information content (AvgIpc) is 2.71. The second-order valence-electron chi connectivity index (χ2n) is 3.36. The second kappa shape index (κ2) is 4.41. The van der Waals surface area contributed by atoms with Crippen molar-refractivity contribution in [2.75, 3.05) is 0 Å². The Bertz CT molecular complexity index is 532. The van der Waals surface area contributed by atoms with Crippen molar-refractivity contribution < 1.29 is 9.62 Å². The van der Waals surface area contributed by atoms with Crippen molar-refractivity contribution in [1.29, 1.82) is 0 Å². The Morgan fingerprint density at radius 2 is 2.12 bits per heavy atom. The molecular formula is C12H10ClNO2. The van der Waals surface area contributed by atoms with Gasteiger partial charge in [0.05, 0.1) is 0 Å². The van der Waals surface area contributed by atoms with Gasteiger partial charge < -0.3 is 9.62 Å². The maximum Gasteiger partial charge on any atom is 0.149 e. The summed E-state index contributed by atoms with van der Waals surface area (Å²) in [6, 6.07) is 9.18. The summed E-state index contributed by atoms with van der Waals surface area (Å²) in [5.74, 6) is 1.20. The van der Waals surface area contributed by atoms with Crippen molar-refractivity contribution in [2.45, 2.75) is 6.92 Å². The van der Waals surface area contributed by atoms with Crippen LogP contribution in [0.4, 0.5) is 0 Å². The molecule has 0 fully saturated rings. The van der Waals surface area contributed by atoms with Crippen LogP contribution in [-0.4, -0.2) is 11.4 Å². The van der Waals surface area contributed by atoms with E-state index in [0.717, 1.165) is 11.1 Å². The van der Waals surface area contributed by atoms with Gasteiger partial charge in [0.2, 0.25) is 0 Å². The first kappa shape index (κ1) is 10.8. The van der Waals surface area contributed by atoms with Gasteiger partial charge in [0.1, 0.15) is 17.7 Å². The monoisotopic (exact) mass is 235 g/mol. The highest BCUT2D eigenvalue weighted by Gasteiger charge is 2.08. The molecule has 16 heavy (non-hydrogen) atoms. The largest absolute Gasteiger partial charge is 0.455 e. The molecule has 0 saturated carbocycles. The molecule has 0 saturated heterocycles. The van der Waals surface area contributed by atoms with Crippen molar-refractivity contribution in [3.05, 3.63) is 46.7 Å². The average molecular weight is 236 g/mol. The third-order valence-corrected chi connectivity index (χ3v) is 2.75. The van der Waals surface area contributed by atoms with Crippen LogP contribution < -0.4 is 0 Å². The van der Waals surface area contributed by atoms with E-state index in [4.69, 9.17) is 21.2 Å². The molecule has 1 aromatic carbocycles. The zero-order valence-corrected chi connectivity index (χ0v) is 9.40. The smallest absolute Gasteiger partial charge is 0.149 e. The Labute approximate surface area is 98.0 Å². The molecule has 4 heteroatoms. The lowest BCUT2D eigenvalue weighted by Crippen LogP contribution is -1.81. The molecule has 0 unspecified atom stereocenters. The molecule has 0 radical (unpaired) electrons. The third-order valence-electron chi connectivity index (χ3n) is 2.34. The predicted octanol–water partition coefficient (Wildman–Crippen LogP) is 3.72. The first-order chi connectivity index (χ1) is 7.72. The van der Waals surface area contributed by atoms with Gasteiger partial charge in [-0.05, 0) is 30.7 Å². The predicted molar refractivity (Wildman–Crippen MR) is 63.3 cm³/mol.